The van der Waals surface area contributed by atoms with Gasteiger partial charge < -0.3 is 19.7 Å². The predicted molar refractivity (Wildman–Crippen MR) is 108 cm³/mol. The first-order valence-electron chi connectivity index (χ1n) is 9.80. The molecule has 2 unspecified atom stereocenters. The zero-order valence-electron chi connectivity index (χ0n) is 17.0. The molecule has 0 radical (unpaired) electrons. The van der Waals surface area contributed by atoms with Gasteiger partial charge in [0.15, 0.2) is 5.96 Å². The van der Waals surface area contributed by atoms with Crippen molar-refractivity contribution in [3.05, 3.63) is 29.8 Å². The normalized spacial score (nSPS) is 19.1. The second-order valence-electron chi connectivity index (χ2n) is 7.21. The first-order valence-corrected chi connectivity index (χ1v) is 9.80. The van der Waals surface area contributed by atoms with Crippen LogP contribution in [0, 0.1) is 5.92 Å². The molecule has 1 aliphatic heterocycles. The first kappa shape index (κ1) is 20.6. The number of hydrogen-bond donors (Lipinski definition) is 1. The molecule has 0 aromatic heterocycles. The Labute approximate surface area is 158 Å². The van der Waals surface area contributed by atoms with Crippen molar-refractivity contribution in [1.29, 1.82) is 0 Å². The second-order valence-corrected chi connectivity index (χ2v) is 7.21. The van der Waals surface area contributed by atoms with E-state index in [2.05, 4.69) is 48.1 Å². The summed E-state index contributed by atoms with van der Waals surface area (Å²) in [6.07, 6.45) is 2.46. The smallest absolute Gasteiger partial charge is 0.193 e. The Hall–Kier alpha value is -1.75. The maximum atomic E-state index is 5.83. The molecule has 0 bridgehead atoms. The number of nitrogens with one attached hydrogen (secondary N) is 1. The van der Waals surface area contributed by atoms with Crippen molar-refractivity contribution in [3.8, 4) is 5.75 Å². The highest BCUT2D eigenvalue weighted by atomic mass is 16.5. The highest BCUT2D eigenvalue weighted by Gasteiger charge is 2.26. The molecule has 146 valence electrons. The molecule has 1 saturated heterocycles. The van der Waals surface area contributed by atoms with Crippen molar-refractivity contribution in [2.45, 2.75) is 45.6 Å². The van der Waals surface area contributed by atoms with Crippen LogP contribution < -0.4 is 10.1 Å². The molecule has 26 heavy (non-hydrogen) atoms. The number of benzene rings is 1. The summed E-state index contributed by atoms with van der Waals surface area (Å²) in [5, 5.41) is 3.52. The third-order valence-electron chi connectivity index (χ3n) is 5.12. The van der Waals surface area contributed by atoms with Crippen LogP contribution in [0.1, 0.15) is 45.1 Å². The Balaban J connectivity index is 1.85. The highest BCUT2D eigenvalue weighted by molar-refractivity contribution is 5.80. The van der Waals surface area contributed by atoms with Gasteiger partial charge >= 0.3 is 0 Å². The van der Waals surface area contributed by atoms with Crippen molar-refractivity contribution in [2.75, 3.05) is 40.4 Å². The van der Waals surface area contributed by atoms with Gasteiger partial charge in [0.2, 0.25) is 0 Å². The molecule has 2 atom stereocenters. The molecule has 1 aromatic carbocycles. The minimum atomic E-state index is 0.302. The minimum Gasteiger partial charge on any atom is -0.497 e. The molecule has 1 heterocycles. The van der Waals surface area contributed by atoms with Crippen LogP contribution in [0.3, 0.4) is 0 Å². The largest absolute Gasteiger partial charge is 0.497 e. The van der Waals surface area contributed by atoms with Gasteiger partial charge in [-0.05, 0) is 43.4 Å². The summed E-state index contributed by atoms with van der Waals surface area (Å²) in [6, 6.07) is 8.45. The predicted octanol–water partition coefficient (Wildman–Crippen LogP) is 3.51. The molecule has 5 nitrogen and oxygen atoms in total. The summed E-state index contributed by atoms with van der Waals surface area (Å²) in [4.78, 5) is 6.84. The Bertz CT molecular complexity index is 557. The van der Waals surface area contributed by atoms with Crippen LogP contribution in [0.25, 0.3) is 0 Å². The van der Waals surface area contributed by atoms with Gasteiger partial charge in [-0.2, -0.15) is 0 Å². The molecule has 0 spiro atoms. The molecule has 1 N–H and O–H groups in total. The van der Waals surface area contributed by atoms with Crippen LogP contribution in [0.15, 0.2) is 29.3 Å². The number of guanidine groups is 1. The molecular weight excluding hydrogens is 326 g/mol. The molecular formula is C21H35N3O2. The maximum absolute atomic E-state index is 5.83. The number of hydrogen-bond acceptors (Lipinski definition) is 3. The summed E-state index contributed by atoms with van der Waals surface area (Å²) in [6.45, 7) is 10.2. The monoisotopic (exact) mass is 361 g/mol. The average molecular weight is 362 g/mol. The average Bonchev–Trinajstić information content (AvgIpc) is 3.14. The van der Waals surface area contributed by atoms with E-state index in [1.807, 2.05) is 19.2 Å². The SMILES string of the molecule is CCOC(CCNC(=NC)N1CCC(c2ccc(OC)cc2)C1)C(C)C. The van der Waals surface area contributed by atoms with Crippen molar-refractivity contribution in [1.82, 2.24) is 10.2 Å². The van der Waals surface area contributed by atoms with Crippen molar-refractivity contribution >= 4 is 5.96 Å². The standard InChI is InChI=1S/C21H35N3O2/c1-6-26-20(16(2)3)11-13-23-21(22-4)24-14-12-18(15-24)17-7-9-19(25-5)10-8-17/h7-10,16,18,20H,6,11-15H2,1-5H3,(H,22,23). The molecule has 0 saturated carbocycles. The minimum absolute atomic E-state index is 0.302. The van der Waals surface area contributed by atoms with Gasteiger partial charge in [0.25, 0.3) is 0 Å². The lowest BCUT2D eigenvalue weighted by atomic mass is 9.98. The summed E-state index contributed by atoms with van der Waals surface area (Å²) < 4.78 is 11.1. The van der Waals surface area contributed by atoms with E-state index >= 15 is 0 Å². The lowest BCUT2D eigenvalue weighted by molar-refractivity contribution is 0.0257. The van der Waals surface area contributed by atoms with E-state index in [1.165, 1.54) is 5.56 Å². The zero-order chi connectivity index (χ0) is 18.9. The lowest BCUT2D eigenvalue weighted by Gasteiger charge is -2.24. The fourth-order valence-corrected chi connectivity index (χ4v) is 3.58. The van der Waals surface area contributed by atoms with Gasteiger partial charge in [0.1, 0.15) is 5.75 Å². The summed E-state index contributed by atoms with van der Waals surface area (Å²) in [7, 11) is 3.57. The van der Waals surface area contributed by atoms with Gasteiger partial charge in [0, 0.05) is 39.2 Å². The second kappa shape index (κ2) is 10.4. The fourth-order valence-electron chi connectivity index (χ4n) is 3.58. The van der Waals surface area contributed by atoms with Gasteiger partial charge in [-0.1, -0.05) is 26.0 Å². The van der Waals surface area contributed by atoms with E-state index in [4.69, 9.17) is 9.47 Å². The number of likely N-dealkylation sites (tertiary alicyclic amines) is 1. The zero-order valence-corrected chi connectivity index (χ0v) is 17.0. The number of ether oxygens (including phenoxy) is 2. The molecule has 0 aliphatic carbocycles. The van der Waals surface area contributed by atoms with Crippen LogP contribution in [-0.4, -0.2) is 57.4 Å². The third-order valence-corrected chi connectivity index (χ3v) is 5.12. The lowest BCUT2D eigenvalue weighted by Crippen LogP contribution is -2.41. The van der Waals surface area contributed by atoms with E-state index in [0.29, 0.717) is 17.9 Å². The molecule has 5 heteroatoms. The Morgan fingerprint density at radius 2 is 2.04 bits per heavy atom. The highest BCUT2D eigenvalue weighted by Crippen LogP contribution is 2.28. The molecule has 1 aromatic rings. The van der Waals surface area contributed by atoms with Crippen LogP contribution in [-0.2, 0) is 4.74 Å². The number of methoxy groups -OCH3 is 1. The fraction of sp³-hybridized carbons (Fsp3) is 0.667. The molecule has 2 rings (SSSR count). The Kier molecular flexibility index (Phi) is 8.23. The van der Waals surface area contributed by atoms with Crippen LogP contribution >= 0.6 is 0 Å². The van der Waals surface area contributed by atoms with Gasteiger partial charge in [0.05, 0.1) is 13.2 Å². The maximum Gasteiger partial charge on any atom is 0.193 e. The van der Waals surface area contributed by atoms with Crippen LogP contribution in [0.4, 0.5) is 0 Å². The topological polar surface area (TPSA) is 46.1 Å². The molecule has 0 amide bonds. The van der Waals surface area contributed by atoms with Crippen molar-refractivity contribution in [2.24, 2.45) is 10.9 Å². The van der Waals surface area contributed by atoms with E-state index < -0.39 is 0 Å². The van der Waals surface area contributed by atoms with Crippen LogP contribution in [0.5, 0.6) is 5.75 Å². The first-order chi connectivity index (χ1) is 12.6. The van der Waals surface area contributed by atoms with Crippen molar-refractivity contribution in [3.63, 3.8) is 0 Å². The summed E-state index contributed by atoms with van der Waals surface area (Å²) in [5.74, 6) is 2.99. The number of rotatable bonds is 8. The van der Waals surface area contributed by atoms with Crippen molar-refractivity contribution < 1.29 is 9.47 Å². The van der Waals surface area contributed by atoms with Gasteiger partial charge in [-0.3, -0.25) is 4.99 Å². The Morgan fingerprint density at radius 3 is 2.62 bits per heavy atom. The van der Waals surface area contributed by atoms with E-state index in [-0.39, 0.29) is 0 Å². The van der Waals surface area contributed by atoms with E-state index in [9.17, 15) is 0 Å². The van der Waals surface area contributed by atoms with E-state index in [1.54, 1.807) is 7.11 Å². The number of aliphatic imine (C=N–C) groups is 1. The van der Waals surface area contributed by atoms with Gasteiger partial charge in [-0.15, -0.1) is 0 Å². The van der Waals surface area contributed by atoms with Gasteiger partial charge in [-0.25, -0.2) is 0 Å². The molecule has 1 aliphatic rings. The quantitative estimate of drug-likeness (QED) is 0.568. The number of nitrogens with zero attached hydrogens (tertiary/aromatic N) is 2. The summed E-state index contributed by atoms with van der Waals surface area (Å²) in [5.41, 5.74) is 1.37. The van der Waals surface area contributed by atoms with E-state index in [0.717, 1.165) is 50.8 Å². The Morgan fingerprint density at radius 1 is 1.31 bits per heavy atom. The van der Waals surface area contributed by atoms with Crippen LogP contribution in [0.2, 0.25) is 0 Å². The molecule has 1 fully saturated rings. The summed E-state index contributed by atoms with van der Waals surface area (Å²) >= 11 is 0. The third kappa shape index (κ3) is 5.63.